The number of hydrogen-bond acceptors (Lipinski definition) is 1. The molecule has 0 aromatic rings. The second kappa shape index (κ2) is 5.44. The van der Waals surface area contributed by atoms with Crippen LogP contribution in [0.15, 0.2) is 0 Å². The summed E-state index contributed by atoms with van der Waals surface area (Å²) >= 11 is -0.416. The third kappa shape index (κ3) is 5.78. The van der Waals surface area contributed by atoms with Crippen LogP contribution in [0.3, 0.4) is 0 Å². The molecule has 0 radical (unpaired) electrons. The van der Waals surface area contributed by atoms with E-state index in [-0.39, 0.29) is 4.75 Å². The first-order valence-corrected chi connectivity index (χ1v) is 9.18. The van der Waals surface area contributed by atoms with Crippen molar-refractivity contribution < 1.29 is 27.5 Å². The molecule has 13 heavy (non-hydrogen) atoms. The van der Waals surface area contributed by atoms with Crippen LogP contribution in [0.1, 0.15) is 41.5 Å². The van der Waals surface area contributed by atoms with Crippen molar-refractivity contribution in [2.24, 2.45) is 5.92 Å². The minimum absolute atomic E-state index is 0.0719. The molecule has 0 fully saturated rings. The van der Waals surface area contributed by atoms with E-state index < -0.39 is 28.1 Å². The van der Waals surface area contributed by atoms with Gasteiger partial charge < -0.3 is 0 Å². The summed E-state index contributed by atoms with van der Waals surface area (Å²) in [7, 11) is -0.696. The van der Waals surface area contributed by atoms with Gasteiger partial charge in [0.15, 0.2) is 0 Å². The molecule has 0 aromatic carbocycles. The maximum absolute atomic E-state index is 11.7. The molecule has 80 valence electrons. The Morgan fingerprint density at radius 3 is 2.15 bits per heavy atom. The first kappa shape index (κ1) is 13.5. The van der Waals surface area contributed by atoms with E-state index in [0.717, 1.165) is 0 Å². The SMILES string of the molecule is CC(=[NH+][I-]S(=O)C(C)(C)C)C(C)C. The van der Waals surface area contributed by atoms with E-state index in [2.05, 4.69) is 24.0 Å². The van der Waals surface area contributed by atoms with E-state index in [1.165, 1.54) is 5.71 Å². The molecule has 0 saturated carbocycles. The van der Waals surface area contributed by atoms with Gasteiger partial charge in [0, 0.05) is 0 Å². The minimum atomic E-state index is -0.696. The topological polar surface area (TPSA) is 31.0 Å². The molecule has 1 unspecified atom stereocenters. The molecule has 0 spiro atoms. The summed E-state index contributed by atoms with van der Waals surface area (Å²) in [4.78, 5) is 0. The first-order valence-electron chi connectivity index (χ1n) is 4.41. The molecule has 1 atom stereocenters. The molecule has 0 saturated heterocycles. The predicted molar refractivity (Wildman–Crippen MR) is 54.4 cm³/mol. The average Bonchev–Trinajstić information content (AvgIpc) is 1.97. The Labute approximate surface area is 93.1 Å². The Balaban J connectivity index is 4.18. The monoisotopic (exact) mass is 317 g/mol. The van der Waals surface area contributed by atoms with Gasteiger partial charge in [-0.2, -0.15) is 0 Å². The first-order chi connectivity index (χ1) is 5.75. The fourth-order valence-electron chi connectivity index (χ4n) is 0.321. The van der Waals surface area contributed by atoms with Crippen LogP contribution in [0, 0.1) is 5.92 Å². The van der Waals surface area contributed by atoms with Crippen molar-refractivity contribution in [3.05, 3.63) is 0 Å². The van der Waals surface area contributed by atoms with Gasteiger partial charge >= 0.3 is 93.4 Å². The molecule has 0 aliphatic heterocycles. The van der Waals surface area contributed by atoms with Gasteiger partial charge in [-0.05, 0) is 0 Å². The van der Waals surface area contributed by atoms with E-state index in [0.29, 0.717) is 5.92 Å². The predicted octanol–water partition coefficient (Wildman–Crippen LogP) is -2.35. The number of nitrogens with one attached hydrogen (secondary N) is 1. The zero-order valence-electron chi connectivity index (χ0n) is 9.27. The van der Waals surface area contributed by atoms with Crippen LogP contribution >= 0.6 is 0 Å². The fourth-order valence-corrected chi connectivity index (χ4v) is 4.99. The molecular weight excluding hydrogens is 297 g/mol. The molecule has 0 amide bonds. The van der Waals surface area contributed by atoms with Gasteiger partial charge in [0.05, 0.1) is 0 Å². The van der Waals surface area contributed by atoms with Crippen molar-refractivity contribution in [3.63, 3.8) is 0 Å². The van der Waals surface area contributed by atoms with Crippen molar-refractivity contribution in [1.29, 1.82) is 0 Å². The van der Waals surface area contributed by atoms with E-state index in [1.807, 2.05) is 20.8 Å². The van der Waals surface area contributed by atoms with E-state index >= 15 is 0 Å². The van der Waals surface area contributed by atoms with Crippen molar-refractivity contribution in [3.8, 4) is 0 Å². The fraction of sp³-hybridized carbons (Fsp3) is 0.889. The van der Waals surface area contributed by atoms with Gasteiger partial charge in [0.2, 0.25) is 0 Å². The summed E-state index contributed by atoms with van der Waals surface area (Å²) in [5.41, 5.74) is 1.26. The van der Waals surface area contributed by atoms with E-state index in [9.17, 15) is 4.21 Å². The van der Waals surface area contributed by atoms with Gasteiger partial charge in [0.25, 0.3) is 0 Å². The quantitative estimate of drug-likeness (QED) is 0.269. The van der Waals surface area contributed by atoms with Crippen LogP contribution in [0.4, 0.5) is 0 Å². The summed E-state index contributed by atoms with van der Waals surface area (Å²) in [6, 6.07) is 0. The van der Waals surface area contributed by atoms with Crippen LogP contribution < -0.4 is 23.3 Å². The Bertz CT molecular complexity index is 218. The molecule has 0 bridgehead atoms. The van der Waals surface area contributed by atoms with Crippen LogP contribution in [0.25, 0.3) is 0 Å². The second-order valence-corrected chi connectivity index (χ2v) is 10.4. The molecule has 0 aliphatic rings. The molecule has 4 heteroatoms. The second-order valence-electron chi connectivity index (χ2n) is 4.35. The van der Waals surface area contributed by atoms with E-state index in [4.69, 9.17) is 0 Å². The van der Waals surface area contributed by atoms with Crippen LogP contribution in [0.5, 0.6) is 0 Å². The summed E-state index contributed by atoms with van der Waals surface area (Å²) in [6.07, 6.45) is 0. The van der Waals surface area contributed by atoms with Crippen LogP contribution in [0.2, 0.25) is 0 Å². The van der Waals surface area contributed by atoms with Crippen molar-refractivity contribution in [2.75, 3.05) is 0 Å². The Morgan fingerprint density at radius 2 is 1.85 bits per heavy atom. The third-order valence-electron chi connectivity index (χ3n) is 1.61. The number of hydrogen-bond donors (Lipinski definition) is 1. The van der Waals surface area contributed by atoms with Gasteiger partial charge in [-0.15, -0.1) is 0 Å². The Morgan fingerprint density at radius 1 is 1.38 bits per heavy atom. The maximum atomic E-state index is 11.7. The summed E-state index contributed by atoms with van der Waals surface area (Å²) in [5.74, 6) is 0.539. The molecule has 0 rings (SSSR count). The van der Waals surface area contributed by atoms with E-state index in [1.54, 1.807) is 0 Å². The van der Waals surface area contributed by atoms with Crippen LogP contribution in [-0.2, 0) is 7.97 Å². The van der Waals surface area contributed by atoms with Crippen molar-refractivity contribution in [1.82, 2.24) is 0 Å². The summed E-state index contributed by atoms with van der Waals surface area (Å²) < 4.78 is 14.9. The molecule has 1 N–H and O–H groups in total. The van der Waals surface area contributed by atoms with Crippen molar-refractivity contribution in [2.45, 2.75) is 46.3 Å². The van der Waals surface area contributed by atoms with Crippen molar-refractivity contribution >= 4 is 13.7 Å². The molecule has 0 heterocycles. The number of halogens is 1. The van der Waals surface area contributed by atoms with Gasteiger partial charge in [-0.3, -0.25) is 0 Å². The Kier molecular flexibility index (Phi) is 5.67. The molecule has 0 aromatic heterocycles. The van der Waals surface area contributed by atoms with Gasteiger partial charge in [-0.1, -0.05) is 0 Å². The molecule has 0 aliphatic carbocycles. The van der Waals surface area contributed by atoms with Crippen LogP contribution in [-0.4, -0.2) is 14.7 Å². The summed E-state index contributed by atoms with van der Waals surface area (Å²) in [6.45, 7) is 12.4. The summed E-state index contributed by atoms with van der Waals surface area (Å²) in [5, 5.41) is 0. The zero-order valence-corrected chi connectivity index (χ0v) is 12.2. The number of rotatable bonds is 3. The standard InChI is InChI=1S/C9H20INOS/c1-7(2)8(3)11-10-13(12)9(4,5)6/h7,11H,1-6H3. The molecule has 2 nitrogen and oxygen atoms in total. The zero-order chi connectivity index (χ0) is 10.6. The third-order valence-corrected chi connectivity index (χ3v) is 9.46. The average molecular weight is 317 g/mol. The normalized spacial score (nSPS) is 16.7. The van der Waals surface area contributed by atoms with Gasteiger partial charge in [-0.25, -0.2) is 0 Å². The van der Waals surface area contributed by atoms with Gasteiger partial charge in [0.1, 0.15) is 0 Å². The molecular formula is C9H20INOS. The Hall–Kier alpha value is 0.550.